The maximum Gasteiger partial charge on any atom is 0.311 e. The molecule has 0 radical (unpaired) electrons. The minimum Gasteiger partial charge on any atom is -0.461 e. The number of nitro groups is 1. The minimum absolute atomic E-state index is 0.0716. The van der Waals surface area contributed by atoms with E-state index in [2.05, 4.69) is 15.2 Å². The first kappa shape index (κ1) is 18.4. The summed E-state index contributed by atoms with van der Waals surface area (Å²) in [7, 11) is 0. The van der Waals surface area contributed by atoms with Crippen molar-refractivity contribution >= 4 is 23.3 Å². The van der Waals surface area contributed by atoms with Crippen LogP contribution in [0.15, 0.2) is 35.6 Å². The Bertz CT molecular complexity index is 723. The molecular weight excluding hydrogens is 324 g/mol. The van der Waals surface area contributed by atoms with Gasteiger partial charge in [-0.3, -0.25) is 14.9 Å². The monoisotopic (exact) mass is 346 g/mol. The lowest BCUT2D eigenvalue weighted by Gasteiger charge is -2.32. The molecule has 134 valence electrons. The number of esters is 1. The van der Waals surface area contributed by atoms with Crippen LogP contribution in [0.4, 0.5) is 17.3 Å². The van der Waals surface area contributed by atoms with Crippen LogP contribution in [0, 0.1) is 10.1 Å². The maximum absolute atomic E-state index is 11.2. The summed E-state index contributed by atoms with van der Waals surface area (Å²) in [6.45, 7) is 7.01. The van der Waals surface area contributed by atoms with Crippen molar-refractivity contribution in [1.82, 2.24) is 4.98 Å². The molecular formula is C17H22N4O4. The van der Waals surface area contributed by atoms with Crippen molar-refractivity contribution in [3.63, 3.8) is 0 Å². The van der Waals surface area contributed by atoms with Crippen molar-refractivity contribution in [3.8, 4) is 0 Å². The fourth-order valence-corrected chi connectivity index (χ4v) is 2.16. The van der Waals surface area contributed by atoms with Crippen LogP contribution in [-0.4, -0.2) is 35.6 Å². The van der Waals surface area contributed by atoms with Gasteiger partial charge in [0.25, 0.3) is 0 Å². The van der Waals surface area contributed by atoms with Crippen molar-refractivity contribution in [3.05, 3.63) is 45.7 Å². The highest BCUT2D eigenvalue weighted by molar-refractivity contribution is 5.66. The number of carbonyl (C=O) groups is 1. The third-order valence-corrected chi connectivity index (χ3v) is 3.67. The zero-order chi connectivity index (χ0) is 18.4. The normalized spacial score (nSPS) is 14.8. The molecule has 1 aromatic heterocycles. The molecule has 1 aliphatic heterocycles. The lowest BCUT2D eigenvalue weighted by Crippen LogP contribution is -2.37. The Morgan fingerprint density at radius 3 is 2.64 bits per heavy atom. The Labute approximate surface area is 146 Å². The van der Waals surface area contributed by atoms with Crippen LogP contribution in [0.25, 0.3) is 0 Å². The largest absolute Gasteiger partial charge is 0.461 e. The van der Waals surface area contributed by atoms with E-state index in [0.29, 0.717) is 5.70 Å². The molecule has 25 heavy (non-hydrogen) atoms. The van der Waals surface area contributed by atoms with E-state index in [-0.39, 0.29) is 24.1 Å². The van der Waals surface area contributed by atoms with E-state index in [1.54, 1.807) is 25.1 Å². The molecule has 0 spiro atoms. The fourth-order valence-electron chi connectivity index (χ4n) is 2.16. The molecule has 2 heterocycles. The number of anilines is 2. The van der Waals surface area contributed by atoms with Gasteiger partial charge in [0.05, 0.1) is 4.92 Å². The van der Waals surface area contributed by atoms with Gasteiger partial charge < -0.3 is 15.0 Å². The summed E-state index contributed by atoms with van der Waals surface area (Å²) in [6.07, 6.45) is 4.66. The zero-order valence-electron chi connectivity index (χ0n) is 14.6. The highest BCUT2D eigenvalue weighted by atomic mass is 16.6. The Kier molecular flexibility index (Phi) is 6.10. The second-order valence-corrected chi connectivity index (χ2v) is 5.90. The molecule has 8 heteroatoms. The van der Waals surface area contributed by atoms with Gasteiger partial charge in [-0.05, 0) is 38.0 Å². The fraction of sp³-hybridized carbons (Fsp3) is 0.412. The van der Waals surface area contributed by atoms with Crippen LogP contribution in [0.1, 0.15) is 27.2 Å². The molecule has 0 aliphatic carbocycles. The van der Waals surface area contributed by atoms with Crippen LogP contribution in [-0.2, 0) is 9.53 Å². The molecule has 0 saturated carbocycles. The smallest absolute Gasteiger partial charge is 0.311 e. The number of allylic oxidation sites excluding steroid dienone is 3. The second-order valence-electron chi connectivity index (χ2n) is 5.90. The minimum atomic E-state index is -0.454. The molecule has 2 rings (SSSR count). The van der Waals surface area contributed by atoms with Gasteiger partial charge in [-0.2, -0.15) is 0 Å². The summed E-state index contributed by atoms with van der Waals surface area (Å²) in [5, 5.41) is 14.2. The Morgan fingerprint density at radius 2 is 2.08 bits per heavy atom. The average Bonchev–Trinajstić information content (AvgIpc) is 2.49. The molecule has 0 aromatic carbocycles. The van der Waals surface area contributed by atoms with Crippen molar-refractivity contribution in [2.24, 2.45) is 0 Å². The van der Waals surface area contributed by atoms with Gasteiger partial charge in [0.15, 0.2) is 0 Å². The van der Waals surface area contributed by atoms with E-state index in [1.807, 2.05) is 6.92 Å². The molecule has 0 amide bonds. The summed E-state index contributed by atoms with van der Waals surface area (Å²) in [5.74, 6) is 0.608. The number of hydrogen-bond acceptors (Lipinski definition) is 7. The third-order valence-electron chi connectivity index (χ3n) is 3.67. The summed E-state index contributed by atoms with van der Waals surface area (Å²) in [6, 6.07) is 3.14. The van der Waals surface area contributed by atoms with E-state index < -0.39 is 4.92 Å². The van der Waals surface area contributed by atoms with Gasteiger partial charge in [0.2, 0.25) is 5.82 Å². The first-order valence-electron chi connectivity index (χ1n) is 8.01. The molecule has 0 unspecified atom stereocenters. The molecule has 0 bridgehead atoms. The van der Waals surface area contributed by atoms with Crippen LogP contribution < -0.4 is 10.2 Å². The Hall–Kier alpha value is -2.90. The van der Waals surface area contributed by atoms with Crippen molar-refractivity contribution < 1.29 is 14.5 Å². The van der Waals surface area contributed by atoms with E-state index >= 15 is 0 Å². The highest BCUT2D eigenvalue weighted by Gasteiger charge is 2.21. The third kappa shape index (κ3) is 5.30. The predicted octanol–water partition coefficient (Wildman–Crippen LogP) is 3.03. The Morgan fingerprint density at radius 1 is 1.36 bits per heavy atom. The number of hydrogen-bond donors (Lipinski definition) is 1. The van der Waals surface area contributed by atoms with Gasteiger partial charge in [0.1, 0.15) is 12.4 Å². The number of carbonyl (C=O) groups excluding carboxylic acids is 1. The molecule has 8 nitrogen and oxygen atoms in total. The summed E-state index contributed by atoms with van der Waals surface area (Å²) in [5.41, 5.74) is 1.48. The van der Waals surface area contributed by atoms with Gasteiger partial charge >= 0.3 is 11.7 Å². The molecule has 0 atom stereocenters. The van der Waals surface area contributed by atoms with E-state index in [0.717, 1.165) is 30.9 Å². The number of pyridine rings is 1. The topological polar surface area (TPSA) is 97.6 Å². The number of rotatable bonds is 7. The lowest BCUT2D eigenvalue weighted by molar-refractivity contribution is -0.384. The van der Waals surface area contributed by atoms with Crippen molar-refractivity contribution in [2.75, 3.05) is 29.9 Å². The van der Waals surface area contributed by atoms with Crippen LogP contribution in [0.2, 0.25) is 0 Å². The van der Waals surface area contributed by atoms with Crippen LogP contribution in [0.5, 0.6) is 0 Å². The van der Waals surface area contributed by atoms with Crippen LogP contribution >= 0.6 is 0 Å². The number of nitrogens with zero attached hydrogens (tertiary/aromatic N) is 3. The quantitative estimate of drug-likeness (QED) is 0.351. The number of ether oxygens (including phenoxy) is 1. The van der Waals surface area contributed by atoms with E-state index in [4.69, 9.17) is 4.74 Å². The lowest BCUT2D eigenvalue weighted by atomic mass is 10.2. The van der Waals surface area contributed by atoms with E-state index in [9.17, 15) is 14.9 Å². The summed E-state index contributed by atoms with van der Waals surface area (Å²) in [4.78, 5) is 28.0. The van der Waals surface area contributed by atoms with Gasteiger partial charge in [-0.1, -0.05) is 6.08 Å². The average molecular weight is 346 g/mol. The molecule has 1 aliphatic rings. The first-order valence-corrected chi connectivity index (χ1v) is 8.01. The molecule has 1 N–H and O–H groups in total. The number of aromatic nitrogens is 1. The number of nitrogens with one attached hydrogen (secondary N) is 1. The van der Waals surface area contributed by atoms with Crippen molar-refractivity contribution in [2.45, 2.75) is 27.2 Å². The van der Waals surface area contributed by atoms with Gasteiger partial charge in [-0.25, -0.2) is 4.98 Å². The van der Waals surface area contributed by atoms with Crippen LogP contribution in [0.3, 0.4) is 0 Å². The SMILES string of the molecule is CC(=O)OC/C(C)=C/C=C(\C)Nc1nc(N2CCC2)ccc1[N+](=O)[O-]. The maximum atomic E-state index is 11.2. The zero-order valence-corrected chi connectivity index (χ0v) is 14.6. The summed E-state index contributed by atoms with van der Waals surface area (Å²) >= 11 is 0. The molecule has 1 saturated heterocycles. The second kappa shape index (κ2) is 8.27. The molecule has 1 fully saturated rings. The first-order chi connectivity index (χ1) is 11.9. The Balaban J connectivity index is 2.13. The predicted molar refractivity (Wildman–Crippen MR) is 95.5 cm³/mol. The van der Waals surface area contributed by atoms with E-state index in [1.165, 1.54) is 13.0 Å². The van der Waals surface area contributed by atoms with Gasteiger partial charge in [-0.15, -0.1) is 0 Å². The standard InChI is InChI=1S/C17H22N4O4/c1-12(11-25-14(3)22)5-6-13(2)18-17-15(21(23)24)7-8-16(19-17)20-9-4-10-20/h5-8H,4,9-11H2,1-3H3,(H,18,19)/b12-5+,13-6+. The van der Waals surface area contributed by atoms with Gasteiger partial charge in [0, 0.05) is 31.8 Å². The highest BCUT2D eigenvalue weighted by Crippen LogP contribution is 2.28. The van der Waals surface area contributed by atoms with Crippen molar-refractivity contribution in [1.29, 1.82) is 0 Å². The summed E-state index contributed by atoms with van der Waals surface area (Å²) < 4.78 is 4.90. The molecule has 1 aromatic rings.